The number of amides is 2. The Kier molecular flexibility index (Phi) is 27.5. The van der Waals surface area contributed by atoms with Crippen LogP contribution in [-0.2, 0) is 13.1 Å². The lowest BCUT2D eigenvalue weighted by Crippen LogP contribution is -3.00. The summed E-state index contributed by atoms with van der Waals surface area (Å²) in [4.78, 5) is 24.9. The van der Waals surface area contributed by atoms with Crippen LogP contribution >= 0.6 is 0 Å². The van der Waals surface area contributed by atoms with Crippen LogP contribution in [-0.4, -0.2) is 24.9 Å². The Bertz CT molecular complexity index is 892. The van der Waals surface area contributed by atoms with Crippen LogP contribution in [0.3, 0.4) is 0 Å². The third-order valence-corrected chi connectivity index (χ3v) is 8.02. The summed E-state index contributed by atoms with van der Waals surface area (Å²) in [5.74, 6) is -0.0781. The molecule has 250 valence electrons. The molecule has 0 aliphatic rings. The molecule has 0 saturated carbocycles. The van der Waals surface area contributed by atoms with Crippen molar-refractivity contribution in [3.8, 4) is 0 Å². The SMILES string of the molecule is CCCCCCCCCC[n+]1ccc(C(=O)NCCCCNC(=O)c2cc[n+](CCCCCCCCCC)cc2)cc1.[Br-].[Br-]. The number of carbonyl (C=O) groups excluding carboxylic acids is 2. The highest BCUT2D eigenvalue weighted by atomic mass is 79.9. The highest BCUT2D eigenvalue weighted by Crippen LogP contribution is 2.09. The Labute approximate surface area is 289 Å². The van der Waals surface area contributed by atoms with Gasteiger partial charge in [0.1, 0.15) is 13.1 Å². The molecule has 0 atom stereocenters. The van der Waals surface area contributed by atoms with Crippen LogP contribution in [0.25, 0.3) is 0 Å². The van der Waals surface area contributed by atoms with Gasteiger partial charge in [-0.15, -0.1) is 0 Å². The van der Waals surface area contributed by atoms with Crippen molar-refractivity contribution < 1.29 is 52.7 Å². The van der Waals surface area contributed by atoms with Gasteiger partial charge in [0, 0.05) is 50.2 Å². The van der Waals surface area contributed by atoms with E-state index in [1.165, 1.54) is 103 Å². The summed E-state index contributed by atoms with van der Waals surface area (Å²) in [7, 11) is 0. The number of rotatable bonds is 25. The zero-order valence-electron chi connectivity index (χ0n) is 27.6. The third-order valence-electron chi connectivity index (χ3n) is 8.02. The molecule has 0 aromatic carbocycles. The summed E-state index contributed by atoms with van der Waals surface area (Å²) in [6.07, 6.45) is 30.7. The summed E-state index contributed by atoms with van der Waals surface area (Å²) in [5.41, 5.74) is 1.39. The van der Waals surface area contributed by atoms with Crippen molar-refractivity contribution >= 4 is 11.8 Å². The van der Waals surface area contributed by atoms with E-state index in [2.05, 4.69) is 33.6 Å². The molecule has 0 fully saturated rings. The fourth-order valence-corrected chi connectivity index (χ4v) is 5.23. The van der Waals surface area contributed by atoms with E-state index in [0.29, 0.717) is 24.2 Å². The van der Waals surface area contributed by atoms with E-state index >= 15 is 0 Å². The first kappa shape index (κ1) is 42.2. The van der Waals surface area contributed by atoms with Crippen LogP contribution < -0.4 is 53.7 Å². The summed E-state index contributed by atoms with van der Waals surface area (Å²) < 4.78 is 4.33. The Morgan fingerprint density at radius 3 is 1.09 bits per heavy atom. The zero-order chi connectivity index (χ0) is 30.1. The fraction of sp³-hybridized carbons (Fsp3) is 0.667. The zero-order valence-corrected chi connectivity index (χ0v) is 30.8. The Balaban J connectivity index is 0.00000924. The molecule has 0 unspecified atom stereocenters. The Morgan fingerprint density at radius 1 is 0.477 bits per heavy atom. The summed E-state index contributed by atoms with van der Waals surface area (Å²) in [5, 5.41) is 5.99. The van der Waals surface area contributed by atoms with Gasteiger partial charge >= 0.3 is 0 Å². The molecule has 2 rings (SSSR count). The van der Waals surface area contributed by atoms with E-state index in [4.69, 9.17) is 0 Å². The molecule has 2 aromatic rings. The summed E-state index contributed by atoms with van der Waals surface area (Å²) in [6, 6.07) is 7.61. The normalized spacial score (nSPS) is 10.5. The largest absolute Gasteiger partial charge is 1.00 e. The number of hydrogen-bond acceptors (Lipinski definition) is 2. The van der Waals surface area contributed by atoms with E-state index in [1.54, 1.807) is 0 Å². The average Bonchev–Trinajstić information content (AvgIpc) is 3.02. The maximum Gasteiger partial charge on any atom is 0.251 e. The number of carbonyl (C=O) groups is 2. The monoisotopic (exact) mass is 738 g/mol. The van der Waals surface area contributed by atoms with E-state index in [1.807, 2.05) is 49.1 Å². The topological polar surface area (TPSA) is 66.0 Å². The van der Waals surface area contributed by atoms with Crippen LogP contribution in [0, 0.1) is 0 Å². The highest BCUT2D eigenvalue weighted by Gasteiger charge is 2.10. The van der Waals surface area contributed by atoms with Crippen LogP contribution in [0.4, 0.5) is 0 Å². The minimum absolute atomic E-state index is 0. The number of nitrogens with zero attached hydrogens (tertiary/aromatic N) is 2. The first-order valence-electron chi connectivity index (χ1n) is 17.2. The second-order valence-corrected chi connectivity index (χ2v) is 11.8. The van der Waals surface area contributed by atoms with Gasteiger partial charge in [0.15, 0.2) is 24.8 Å². The second kappa shape index (κ2) is 28.7. The van der Waals surface area contributed by atoms with Gasteiger partial charge in [-0.3, -0.25) is 9.59 Å². The molecular weight excluding hydrogens is 680 g/mol. The van der Waals surface area contributed by atoms with Crippen molar-refractivity contribution in [1.29, 1.82) is 0 Å². The number of halogens is 2. The quantitative estimate of drug-likeness (QED) is 0.120. The highest BCUT2D eigenvalue weighted by molar-refractivity contribution is 5.94. The predicted octanol–water partition coefficient (Wildman–Crippen LogP) is 1.49. The molecule has 0 aliphatic carbocycles. The second-order valence-electron chi connectivity index (χ2n) is 11.8. The number of nitrogens with one attached hydrogen (secondary N) is 2. The molecule has 6 nitrogen and oxygen atoms in total. The van der Waals surface area contributed by atoms with Gasteiger partial charge < -0.3 is 44.6 Å². The summed E-state index contributed by atoms with van der Waals surface area (Å²) in [6.45, 7) is 7.73. The lowest BCUT2D eigenvalue weighted by Gasteiger charge is -2.07. The summed E-state index contributed by atoms with van der Waals surface area (Å²) >= 11 is 0. The van der Waals surface area contributed by atoms with E-state index in [-0.39, 0.29) is 45.8 Å². The van der Waals surface area contributed by atoms with Crippen molar-refractivity contribution in [2.75, 3.05) is 13.1 Å². The van der Waals surface area contributed by atoms with E-state index < -0.39 is 0 Å². The molecule has 2 heterocycles. The van der Waals surface area contributed by atoms with Gasteiger partial charge in [-0.05, 0) is 25.7 Å². The molecule has 0 aliphatic heterocycles. The molecule has 2 N–H and O–H groups in total. The third kappa shape index (κ3) is 20.3. The lowest BCUT2D eigenvalue weighted by molar-refractivity contribution is -0.697. The first-order valence-corrected chi connectivity index (χ1v) is 17.2. The maximum absolute atomic E-state index is 12.5. The number of pyridine rings is 2. The molecule has 0 bridgehead atoms. The molecule has 8 heteroatoms. The molecule has 2 amide bonds. The molecule has 0 spiro atoms. The number of aryl methyl sites for hydroxylation is 2. The van der Waals surface area contributed by atoms with Crippen LogP contribution in [0.2, 0.25) is 0 Å². The van der Waals surface area contributed by atoms with E-state index in [9.17, 15) is 9.59 Å². The number of hydrogen-bond donors (Lipinski definition) is 2. The molecular formula is C36H60Br2N4O2. The van der Waals surface area contributed by atoms with Gasteiger partial charge in [-0.2, -0.15) is 0 Å². The standard InChI is InChI=1S/C36H58N4O2.2BrH/c1-3-5-7-9-11-13-15-19-27-39-29-21-33(22-30-39)35(41)37-25-17-18-26-38-36(42)34-23-31-40(32-24-34)28-20-16-14-12-10-8-6-4-2;;/h21-24,29-32H,3-20,25-28H2,1-2H3;2*1H. The average molecular weight is 741 g/mol. The van der Waals surface area contributed by atoms with Gasteiger partial charge in [0.25, 0.3) is 11.8 Å². The van der Waals surface area contributed by atoms with Gasteiger partial charge in [0.2, 0.25) is 0 Å². The minimum Gasteiger partial charge on any atom is -1.00 e. The van der Waals surface area contributed by atoms with Crippen LogP contribution in [0.5, 0.6) is 0 Å². The van der Waals surface area contributed by atoms with Crippen molar-refractivity contribution in [3.05, 3.63) is 60.2 Å². The van der Waals surface area contributed by atoms with Crippen LogP contribution in [0.15, 0.2) is 49.1 Å². The van der Waals surface area contributed by atoms with Crippen molar-refractivity contribution in [3.63, 3.8) is 0 Å². The molecule has 0 saturated heterocycles. The number of unbranched alkanes of at least 4 members (excludes halogenated alkanes) is 15. The van der Waals surface area contributed by atoms with Gasteiger partial charge in [-0.1, -0.05) is 90.9 Å². The Hall–Kier alpha value is -1.80. The van der Waals surface area contributed by atoms with Crippen LogP contribution in [0.1, 0.15) is 150 Å². The first-order chi connectivity index (χ1) is 20.6. The lowest BCUT2D eigenvalue weighted by atomic mass is 10.1. The van der Waals surface area contributed by atoms with Gasteiger partial charge in [0.05, 0.1) is 11.1 Å². The number of aromatic nitrogens is 2. The predicted molar refractivity (Wildman–Crippen MR) is 172 cm³/mol. The van der Waals surface area contributed by atoms with Crippen molar-refractivity contribution in [1.82, 2.24) is 10.6 Å². The minimum atomic E-state index is -0.0390. The fourth-order valence-electron chi connectivity index (χ4n) is 5.23. The smallest absolute Gasteiger partial charge is 0.251 e. The van der Waals surface area contributed by atoms with E-state index in [0.717, 1.165) is 25.9 Å². The molecule has 44 heavy (non-hydrogen) atoms. The van der Waals surface area contributed by atoms with Gasteiger partial charge in [-0.25, -0.2) is 9.13 Å². The Morgan fingerprint density at radius 2 is 0.773 bits per heavy atom. The maximum atomic E-state index is 12.5. The van der Waals surface area contributed by atoms with Crippen molar-refractivity contribution in [2.24, 2.45) is 0 Å². The molecule has 0 radical (unpaired) electrons. The van der Waals surface area contributed by atoms with Crippen molar-refractivity contribution in [2.45, 2.75) is 143 Å². The molecule has 2 aromatic heterocycles.